The second kappa shape index (κ2) is 9.40. The zero-order chi connectivity index (χ0) is 24.6. The summed E-state index contributed by atoms with van der Waals surface area (Å²) in [5.41, 5.74) is 1.75. The average molecular weight is 524 g/mol. The standard InChI is InChI=1S/C20H18Cl2F3N3O4S/c1-32-18(31)19(20(23,24)25,27-16(30)10-7-6-9(21)8-12(10)22)28-17-14(15(26)29)11-4-2-3-5-13(11)33-17/h6-8,28H,2-5H2,1H3,(H2,26,29)(H,27,30)/t19-/m1/s1. The lowest BCUT2D eigenvalue weighted by Crippen LogP contribution is -2.69. The molecule has 3 rings (SSSR count). The first-order chi connectivity index (χ1) is 15.4. The number of anilines is 1. The predicted molar refractivity (Wildman–Crippen MR) is 118 cm³/mol. The molecule has 2 amide bonds. The molecular weight excluding hydrogens is 506 g/mol. The van der Waals surface area contributed by atoms with Gasteiger partial charge in [-0.15, -0.1) is 11.3 Å². The molecule has 4 N–H and O–H groups in total. The number of nitrogens with one attached hydrogen (secondary N) is 2. The first kappa shape index (κ1) is 25.1. The number of esters is 1. The van der Waals surface area contributed by atoms with Gasteiger partial charge in [0, 0.05) is 9.90 Å². The number of amides is 2. The number of nitrogens with two attached hydrogens (primary N) is 1. The molecule has 0 saturated heterocycles. The molecule has 1 atom stereocenters. The molecule has 1 aromatic heterocycles. The molecule has 1 heterocycles. The number of halogens is 5. The normalized spacial score (nSPS) is 15.2. The predicted octanol–water partition coefficient (Wildman–Crippen LogP) is 4.31. The van der Waals surface area contributed by atoms with E-state index in [0.29, 0.717) is 23.3 Å². The van der Waals surface area contributed by atoms with Gasteiger partial charge in [0.1, 0.15) is 5.00 Å². The molecular formula is C20H18Cl2F3N3O4S. The Kier molecular flexibility index (Phi) is 7.15. The van der Waals surface area contributed by atoms with Crippen molar-refractivity contribution in [1.29, 1.82) is 0 Å². The molecule has 1 aromatic carbocycles. The molecule has 2 aromatic rings. The molecule has 1 aliphatic carbocycles. The molecule has 1 aliphatic rings. The highest BCUT2D eigenvalue weighted by Gasteiger charge is 2.64. The number of alkyl halides is 3. The van der Waals surface area contributed by atoms with Crippen LogP contribution < -0.4 is 16.4 Å². The van der Waals surface area contributed by atoms with Gasteiger partial charge in [-0.25, -0.2) is 4.79 Å². The first-order valence-corrected chi connectivity index (χ1v) is 11.1. The number of aryl methyl sites for hydroxylation is 1. The van der Waals surface area contributed by atoms with E-state index in [1.807, 2.05) is 5.32 Å². The van der Waals surface area contributed by atoms with Crippen LogP contribution in [0, 0.1) is 0 Å². The summed E-state index contributed by atoms with van der Waals surface area (Å²) in [6.07, 6.45) is -2.87. The molecule has 0 aliphatic heterocycles. The Morgan fingerprint density at radius 1 is 1.15 bits per heavy atom. The number of rotatable bonds is 6. The molecule has 0 spiro atoms. The van der Waals surface area contributed by atoms with E-state index < -0.39 is 29.6 Å². The third-order valence-corrected chi connectivity index (χ3v) is 6.87. The fourth-order valence-electron chi connectivity index (χ4n) is 3.54. The quantitative estimate of drug-likeness (QED) is 0.386. The fraction of sp³-hybridized carbons (Fsp3) is 0.350. The van der Waals surface area contributed by atoms with Crippen molar-refractivity contribution in [3.8, 4) is 0 Å². The van der Waals surface area contributed by atoms with Crippen molar-refractivity contribution in [2.24, 2.45) is 5.73 Å². The van der Waals surface area contributed by atoms with Crippen LogP contribution in [0.25, 0.3) is 0 Å². The summed E-state index contributed by atoms with van der Waals surface area (Å²) in [4.78, 5) is 38.1. The zero-order valence-electron chi connectivity index (χ0n) is 17.1. The van der Waals surface area contributed by atoms with Gasteiger partial charge in [-0.2, -0.15) is 13.2 Å². The number of fused-ring (bicyclic) bond motifs is 1. The van der Waals surface area contributed by atoms with Gasteiger partial charge in [0.15, 0.2) is 0 Å². The Bertz CT molecular complexity index is 1120. The van der Waals surface area contributed by atoms with Crippen molar-refractivity contribution >= 4 is 57.3 Å². The third-order valence-electron chi connectivity index (χ3n) is 5.11. The topological polar surface area (TPSA) is 111 Å². The second-order valence-corrected chi connectivity index (χ2v) is 9.17. The summed E-state index contributed by atoms with van der Waals surface area (Å²) in [7, 11) is 0.736. The monoisotopic (exact) mass is 523 g/mol. The van der Waals surface area contributed by atoms with Crippen LogP contribution in [0.3, 0.4) is 0 Å². The SMILES string of the molecule is COC(=O)[C@@](NC(=O)c1ccc(Cl)cc1Cl)(Nc1sc2c(c1C(N)=O)CCCC2)C(F)(F)F. The summed E-state index contributed by atoms with van der Waals surface area (Å²) in [6.45, 7) is 0. The molecule has 13 heteroatoms. The number of thiophene rings is 1. The number of ether oxygens (including phenoxy) is 1. The highest BCUT2D eigenvalue weighted by molar-refractivity contribution is 7.16. The van der Waals surface area contributed by atoms with Gasteiger partial charge in [0.25, 0.3) is 11.8 Å². The van der Waals surface area contributed by atoms with E-state index in [-0.39, 0.29) is 26.2 Å². The molecule has 0 unspecified atom stereocenters. The molecule has 0 radical (unpaired) electrons. The van der Waals surface area contributed by atoms with Crippen molar-refractivity contribution in [3.63, 3.8) is 0 Å². The number of carbonyl (C=O) groups is 3. The van der Waals surface area contributed by atoms with Crippen LogP contribution in [0.15, 0.2) is 18.2 Å². The van der Waals surface area contributed by atoms with Crippen LogP contribution in [-0.4, -0.2) is 36.7 Å². The first-order valence-electron chi connectivity index (χ1n) is 9.56. The van der Waals surface area contributed by atoms with Gasteiger partial charge >= 0.3 is 17.8 Å². The Morgan fingerprint density at radius 3 is 2.39 bits per heavy atom. The Balaban J connectivity index is 2.13. The summed E-state index contributed by atoms with van der Waals surface area (Å²) < 4.78 is 47.6. The maximum atomic E-state index is 14.4. The van der Waals surface area contributed by atoms with E-state index in [2.05, 4.69) is 4.74 Å². The Morgan fingerprint density at radius 2 is 1.82 bits per heavy atom. The minimum atomic E-state index is -5.39. The molecule has 0 fully saturated rings. The van der Waals surface area contributed by atoms with Gasteiger partial charge in [-0.1, -0.05) is 23.2 Å². The van der Waals surface area contributed by atoms with Crippen LogP contribution in [0.2, 0.25) is 10.0 Å². The smallest absolute Gasteiger partial charge is 0.441 e. The van der Waals surface area contributed by atoms with Gasteiger partial charge < -0.3 is 21.1 Å². The van der Waals surface area contributed by atoms with E-state index in [4.69, 9.17) is 28.9 Å². The summed E-state index contributed by atoms with van der Waals surface area (Å²) in [6, 6.07) is 3.52. The fourth-order valence-corrected chi connectivity index (χ4v) is 5.38. The second-order valence-electron chi connectivity index (χ2n) is 7.22. The van der Waals surface area contributed by atoms with Crippen molar-refractivity contribution < 1.29 is 32.3 Å². The average Bonchev–Trinajstić information content (AvgIpc) is 3.09. The van der Waals surface area contributed by atoms with Crippen LogP contribution in [0.4, 0.5) is 18.2 Å². The maximum Gasteiger partial charge on any atom is 0.441 e. The summed E-state index contributed by atoms with van der Waals surface area (Å²) >= 11 is 12.6. The van der Waals surface area contributed by atoms with Crippen LogP contribution in [0.5, 0.6) is 0 Å². The molecule has 0 bridgehead atoms. The number of hydrogen-bond acceptors (Lipinski definition) is 6. The molecule has 178 valence electrons. The van der Waals surface area contributed by atoms with E-state index in [1.54, 1.807) is 5.32 Å². The highest BCUT2D eigenvalue weighted by Crippen LogP contribution is 2.42. The van der Waals surface area contributed by atoms with E-state index in [9.17, 15) is 27.6 Å². The Hall–Kier alpha value is -2.50. The number of benzene rings is 1. The minimum Gasteiger partial charge on any atom is -0.466 e. The van der Waals surface area contributed by atoms with Crippen molar-refractivity contribution in [1.82, 2.24) is 5.32 Å². The van der Waals surface area contributed by atoms with Gasteiger partial charge in [0.05, 0.1) is 23.3 Å². The largest absolute Gasteiger partial charge is 0.466 e. The van der Waals surface area contributed by atoms with Gasteiger partial charge in [0.2, 0.25) is 0 Å². The van der Waals surface area contributed by atoms with E-state index >= 15 is 0 Å². The number of primary amides is 1. The maximum absolute atomic E-state index is 14.4. The van der Waals surface area contributed by atoms with Crippen LogP contribution in [-0.2, 0) is 22.4 Å². The third kappa shape index (κ3) is 4.75. The van der Waals surface area contributed by atoms with E-state index in [0.717, 1.165) is 43.4 Å². The number of methoxy groups -OCH3 is 1. The lowest BCUT2D eigenvalue weighted by Gasteiger charge is -2.34. The van der Waals surface area contributed by atoms with E-state index in [1.165, 1.54) is 6.07 Å². The molecule has 33 heavy (non-hydrogen) atoms. The number of carbonyl (C=O) groups excluding carboxylic acids is 3. The zero-order valence-corrected chi connectivity index (χ0v) is 19.4. The number of hydrogen-bond donors (Lipinski definition) is 3. The van der Waals surface area contributed by atoms with Crippen LogP contribution >= 0.6 is 34.5 Å². The van der Waals surface area contributed by atoms with Gasteiger partial charge in [-0.05, 0) is 49.4 Å². The van der Waals surface area contributed by atoms with Crippen LogP contribution in [0.1, 0.15) is 44.0 Å². The van der Waals surface area contributed by atoms with Crippen molar-refractivity contribution in [3.05, 3.63) is 49.8 Å². The lowest BCUT2D eigenvalue weighted by atomic mass is 9.95. The Labute approximate surface area is 200 Å². The molecule has 0 saturated carbocycles. The molecule has 7 nitrogen and oxygen atoms in total. The van der Waals surface area contributed by atoms with Crippen molar-refractivity contribution in [2.45, 2.75) is 37.5 Å². The van der Waals surface area contributed by atoms with Crippen molar-refractivity contribution in [2.75, 3.05) is 12.4 Å². The summed E-state index contributed by atoms with van der Waals surface area (Å²) in [5, 5.41) is 3.34. The van der Waals surface area contributed by atoms with Gasteiger partial charge in [-0.3, -0.25) is 9.59 Å². The summed E-state index contributed by atoms with van der Waals surface area (Å²) in [5.74, 6) is -4.13. The highest BCUT2D eigenvalue weighted by atomic mass is 35.5. The minimum absolute atomic E-state index is 0.147. The lowest BCUT2D eigenvalue weighted by molar-refractivity contribution is -0.203.